The van der Waals surface area contributed by atoms with E-state index < -0.39 is 6.09 Å². The highest BCUT2D eigenvalue weighted by Gasteiger charge is 2.26. The average molecular weight is 371 g/mol. The van der Waals surface area contributed by atoms with Gasteiger partial charge in [0.1, 0.15) is 0 Å². The first kappa shape index (κ1) is 16.3. The summed E-state index contributed by atoms with van der Waals surface area (Å²) in [5.41, 5.74) is 6.79. The van der Waals surface area contributed by atoms with Crippen molar-refractivity contribution >= 4 is 28.5 Å². The minimum Gasteiger partial charge on any atom is -0.453 e. The molecule has 0 saturated heterocycles. The molecule has 0 spiro atoms. The Morgan fingerprint density at radius 2 is 1.93 bits per heavy atom. The van der Waals surface area contributed by atoms with Crippen molar-refractivity contribution in [3.63, 3.8) is 0 Å². The number of aromatic amines is 1. The molecule has 0 aliphatic carbocycles. The van der Waals surface area contributed by atoms with E-state index in [0.29, 0.717) is 5.69 Å². The number of anilines is 2. The molecule has 1 atom stereocenters. The van der Waals surface area contributed by atoms with Crippen molar-refractivity contribution in [2.75, 3.05) is 17.7 Å². The van der Waals surface area contributed by atoms with Gasteiger partial charge in [0.05, 0.1) is 19.3 Å². The molecule has 5 rings (SSSR count). The predicted molar refractivity (Wildman–Crippen MR) is 107 cm³/mol. The zero-order valence-corrected chi connectivity index (χ0v) is 15.1. The number of carbonyl (C=O) groups is 1. The van der Waals surface area contributed by atoms with Crippen molar-refractivity contribution in [2.45, 2.75) is 6.04 Å². The Hall–Kier alpha value is -3.87. The van der Waals surface area contributed by atoms with Crippen molar-refractivity contribution in [3.8, 4) is 11.1 Å². The molecule has 4 aromatic rings. The van der Waals surface area contributed by atoms with Gasteiger partial charge in [-0.3, -0.25) is 5.32 Å². The molecule has 3 heterocycles. The number of para-hydroxylation sites is 1. The van der Waals surface area contributed by atoms with Crippen LogP contribution in [0.3, 0.4) is 0 Å². The first-order chi connectivity index (χ1) is 13.7. The van der Waals surface area contributed by atoms with Crippen LogP contribution in [0.15, 0.2) is 60.9 Å². The molecule has 1 aliphatic rings. The van der Waals surface area contributed by atoms with Gasteiger partial charge in [-0.05, 0) is 23.8 Å². The molecule has 0 radical (unpaired) electrons. The SMILES string of the molecule is COC(=O)Nc1ccc(C2Nc3ccccc3-c3cnnc4[nH]cc2c34)cc1. The molecule has 2 aromatic carbocycles. The Labute approximate surface area is 160 Å². The third kappa shape index (κ3) is 2.56. The molecular weight excluding hydrogens is 354 g/mol. The van der Waals surface area contributed by atoms with Crippen molar-refractivity contribution in [1.29, 1.82) is 0 Å². The van der Waals surface area contributed by atoms with Crippen LogP contribution >= 0.6 is 0 Å². The number of benzene rings is 2. The van der Waals surface area contributed by atoms with Crippen LogP contribution in [0, 0.1) is 0 Å². The standard InChI is InChI=1S/C21H17N5O2/c1-28-21(27)24-13-8-6-12(7-9-13)19-16-10-22-20-18(16)15(11-23-26-20)14-4-2-3-5-17(14)25-19/h2-11,19,25H,1H3,(H,22,26)(H,24,27). The van der Waals surface area contributed by atoms with Gasteiger partial charge in [0.25, 0.3) is 0 Å². The van der Waals surface area contributed by atoms with Crippen molar-refractivity contribution in [1.82, 2.24) is 15.2 Å². The van der Waals surface area contributed by atoms with Crippen LogP contribution in [-0.4, -0.2) is 28.4 Å². The molecule has 1 unspecified atom stereocenters. The van der Waals surface area contributed by atoms with Crippen LogP contribution in [0.1, 0.15) is 17.2 Å². The zero-order chi connectivity index (χ0) is 19.1. The lowest BCUT2D eigenvalue weighted by atomic mass is 9.97. The number of rotatable bonds is 2. The number of carbonyl (C=O) groups excluding carboxylic acids is 1. The number of aromatic nitrogens is 3. The third-order valence-corrected chi connectivity index (χ3v) is 5.01. The summed E-state index contributed by atoms with van der Waals surface area (Å²) in [6.45, 7) is 0. The number of hydrogen-bond donors (Lipinski definition) is 3. The number of fused-ring (bicyclic) bond motifs is 2. The van der Waals surface area contributed by atoms with E-state index in [1.165, 1.54) is 7.11 Å². The van der Waals surface area contributed by atoms with E-state index in [1.54, 1.807) is 0 Å². The summed E-state index contributed by atoms with van der Waals surface area (Å²) in [6.07, 6.45) is 3.30. The Morgan fingerprint density at radius 3 is 2.75 bits per heavy atom. The quantitative estimate of drug-likeness (QED) is 0.488. The average Bonchev–Trinajstić information content (AvgIpc) is 3.10. The number of nitrogens with one attached hydrogen (secondary N) is 3. The van der Waals surface area contributed by atoms with E-state index in [0.717, 1.165) is 39.0 Å². The number of ether oxygens (including phenoxy) is 1. The summed E-state index contributed by atoms with van der Waals surface area (Å²) in [6, 6.07) is 15.8. The van der Waals surface area contributed by atoms with Crippen molar-refractivity contribution in [2.24, 2.45) is 0 Å². The van der Waals surface area contributed by atoms with E-state index in [9.17, 15) is 4.79 Å². The van der Waals surface area contributed by atoms with E-state index in [1.807, 2.05) is 48.8 Å². The molecule has 28 heavy (non-hydrogen) atoms. The number of hydrogen-bond acceptors (Lipinski definition) is 5. The van der Waals surface area contributed by atoms with Crippen LogP contribution in [0.5, 0.6) is 0 Å². The Bertz CT molecular complexity index is 1180. The van der Waals surface area contributed by atoms with Crippen molar-refractivity contribution < 1.29 is 9.53 Å². The first-order valence-corrected chi connectivity index (χ1v) is 8.88. The highest BCUT2D eigenvalue weighted by molar-refractivity contribution is 6.00. The zero-order valence-electron chi connectivity index (χ0n) is 15.1. The second kappa shape index (κ2) is 6.38. The second-order valence-electron chi connectivity index (χ2n) is 6.59. The van der Waals surface area contributed by atoms with Crippen molar-refractivity contribution in [3.05, 3.63) is 72.1 Å². The molecule has 138 valence electrons. The molecule has 1 aliphatic heterocycles. The van der Waals surface area contributed by atoms with Gasteiger partial charge in [-0.1, -0.05) is 30.3 Å². The smallest absolute Gasteiger partial charge is 0.411 e. The normalized spacial score (nSPS) is 14.7. The van der Waals surface area contributed by atoms with E-state index >= 15 is 0 Å². The summed E-state index contributed by atoms with van der Waals surface area (Å²) in [7, 11) is 1.34. The molecule has 0 fully saturated rings. The fourth-order valence-electron chi connectivity index (χ4n) is 3.70. The molecule has 1 amide bonds. The van der Waals surface area contributed by atoms with Gasteiger partial charge in [-0.25, -0.2) is 4.79 Å². The van der Waals surface area contributed by atoms with Gasteiger partial charge in [0, 0.05) is 39.6 Å². The number of amides is 1. The lowest BCUT2D eigenvalue weighted by molar-refractivity contribution is 0.187. The summed E-state index contributed by atoms with van der Waals surface area (Å²) in [5, 5.41) is 15.8. The highest BCUT2D eigenvalue weighted by Crippen LogP contribution is 2.43. The van der Waals surface area contributed by atoms with E-state index in [4.69, 9.17) is 0 Å². The number of H-pyrrole nitrogens is 1. The molecular formula is C21H17N5O2. The minimum atomic E-state index is -0.492. The number of nitrogens with zero attached hydrogens (tertiary/aromatic N) is 2. The van der Waals surface area contributed by atoms with Crippen LogP contribution in [0.4, 0.5) is 16.2 Å². The summed E-state index contributed by atoms with van der Waals surface area (Å²) >= 11 is 0. The maximum atomic E-state index is 11.4. The molecule has 7 heteroatoms. The van der Waals surface area contributed by atoms with Crippen LogP contribution < -0.4 is 10.6 Å². The first-order valence-electron chi connectivity index (χ1n) is 8.88. The lowest BCUT2D eigenvalue weighted by Gasteiger charge is -2.20. The minimum absolute atomic E-state index is 0.0764. The summed E-state index contributed by atoms with van der Waals surface area (Å²) in [4.78, 5) is 14.7. The fourth-order valence-corrected chi connectivity index (χ4v) is 3.70. The Kier molecular flexibility index (Phi) is 3.72. The van der Waals surface area contributed by atoms with Crippen LogP contribution in [0.2, 0.25) is 0 Å². The van der Waals surface area contributed by atoms with Crippen LogP contribution in [-0.2, 0) is 4.74 Å². The van der Waals surface area contributed by atoms with Gasteiger partial charge in [-0.2, -0.15) is 5.10 Å². The molecule has 3 N–H and O–H groups in total. The Balaban J connectivity index is 1.63. The number of methoxy groups -OCH3 is 1. The second-order valence-corrected chi connectivity index (χ2v) is 6.59. The largest absolute Gasteiger partial charge is 0.453 e. The molecule has 2 aromatic heterocycles. The maximum Gasteiger partial charge on any atom is 0.411 e. The summed E-state index contributed by atoms with van der Waals surface area (Å²) in [5.74, 6) is 0. The maximum absolute atomic E-state index is 11.4. The monoisotopic (exact) mass is 371 g/mol. The van der Waals surface area contributed by atoms with Gasteiger partial charge in [0.15, 0.2) is 5.65 Å². The summed E-state index contributed by atoms with van der Waals surface area (Å²) < 4.78 is 4.64. The fraction of sp³-hybridized carbons (Fsp3) is 0.0952. The third-order valence-electron chi connectivity index (χ3n) is 5.01. The Morgan fingerprint density at radius 1 is 1.11 bits per heavy atom. The molecule has 7 nitrogen and oxygen atoms in total. The molecule has 0 saturated carbocycles. The van der Waals surface area contributed by atoms with Gasteiger partial charge in [-0.15, -0.1) is 5.10 Å². The lowest BCUT2D eigenvalue weighted by Crippen LogP contribution is -2.13. The van der Waals surface area contributed by atoms with Gasteiger partial charge in [0.2, 0.25) is 0 Å². The van der Waals surface area contributed by atoms with E-state index in [-0.39, 0.29) is 6.04 Å². The van der Waals surface area contributed by atoms with Gasteiger partial charge >= 0.3 is 6.09 Å². The molecule has 0 bridgehead atoms. The van der Waals surface area contributed by atoms with Crippen LogP contribution in [0.25, 0.3) is 22.2 Å². The topological polar surface area (TPSA) is 91.9 Å². The highest BCUT2D eigenvalue weighted by atomic mass is 16.5. The van der Waals surface area contributed by atoms with Gasteiger partial charge < -0.3 is 15.0 Å². The predicted octanol–water partition coefficient (Wildman–Crippen LogP) is 4.32. The van der Waals surface area contributed by atoms with E-state index in [2.05, 4.69) is 42.7 Å².